The summed E-state index contributed by atoms with van der Waals surface area (Å²) in [5, 5.41) is 0. The lowest BCUT2D eigenvalue weighted by Gasteiger charge is -2.28. The van der Waals surface area contributed by atoms with Crippen LogP contribution in [-0.2, 0) is 0 Å². The van der Waals surface area contributed by atoms with Gasteiger partial charge in [-0.25, -0.2) is 0 Å². The van der Waals surface area contributed by atoms with Crippen LogP contribution in [0.1, 0.15) is 45.4 Å². The minimum absolute atomic E-state index is 0.0984. The van der Waals surface area contributed by atoms with Crippen molar-refractivity contribution in [3.8, 4) is 0 Å². The molecule has 1 saturated carbocycles. The molecule has 1 rings (SSSR count). The fourth-order valence-electron chi connectivity index (χ4n) is 2.29. The third-order valence-corrected chi connectivity index (χ3v) is 2.99. The first kappa shape index (κ1) is 10.9. The topological polar surface area (TPSA) is 0 Å². The molecule has 78 valence electrons. The van der Waals surface area contributed by atoms with Crippen molar-refractivity contribution in [1.29, 1.82) is 0 Å². The van der Waals surface area contributed by atoms with Crippen LogP contribution < -0.4 is 0 Å². The van der Waals surface area contributed by atoms with E-state index in [-0.39, 0.29) is 5.92 Å². The third-order valence-electron chi connectivity index (χ3n) is 2.99. The zero-order valence-electron chi connectivity index (χ0n) is 8.03. The zero-order chi connectivity index (χ0) is 9.90. The average molecular weight is 194 g/mol. The number of alkyl halides is 3. The van der Waals surface area contributed by atoms with E-state index in [1.165, 1.54) is 0 Å². The van der Waals surface area contributed by atoms with Crippen LogP contribution in [0.3, 0.4) is 0 Å². The SMILES string of the molecule is CCC1CCCC(CC(F)(F)F)C1. The van der Waals surface area contributed by atoms with Crippen LogP contribution in [0.2, 0.25) is 0 Å². The van der Waals surface area contributed by atoms with E-state index in [9.17, 15) is 13.2 Å². The van der Waals surface area contributed by atoms with Gasteiger partial charge in [0.2, 0.25) is 0 Å². The molecule has 0 saturated heterocycles. The molecule has 0 aromatic carbocycles. The van der Waals surface area contributed by atoms with Gasteiger partial charge in [-0.15, -0.1) is 0 Å². The molecule has 3 heteroatoms. The summed E-state index contributed by atoms with van der Waals surface area (Å²) in [5.74, 6) is 0.444. The van der Waals surface area contributed by atoms with Gasteiger partial charge in [0.1, 0.15) is 0 Å². The third kappa shape index (κ3) is 4.01. The highest BCUT2D eigenvalue weighted by Gasteiger charge is 2.33. The highest BCUT2D eigenvalue weighted by Crippen LogP contribution is 2.37. The van der Waals surface area contributed by atoms with Crippen molar-refractivity contribution in [3.63, 3.8) is 0 Å². The first-order valence-electron chi connectivity index (χ1n) is 5.08. The molecule has 0 heterocycles. The minimum atomic E-state index is -3.96. The Morgan fingerprint density at radius 3 is 2.31 bits per heavy atom. The molecule has 0 amide bonds. The van der Waals surface area contributed by atoms with Gasteiger partial charge >= 0.3 is 6.18 Å². The molecule has 13 heavy (non-hydrogen) atoms. The van der Waals surface area contributed by atoms with E-state index >= 15 is 0 Å². The Kier molecular flexibility index (Phi) is 3.63. The predicted molar refractivity (Wildman–Crippen MR) is 46.4 cm³/mol. The van der Waals surface area contributed by atoms with Crippen molar-refractivity contribution in [3.05, 3.63) is 0 Å². The van der Waals surface area contributed by atoms with Crippen LogP contribution in [0.5, 0.6) is 0 Å². The molecule has 0 aliphatic heterocycles. The van der Waals surface area contributed by atoms with Gasteiger partial charge in [-0.1, -0.05) is 32.6 Å². The van der Waals surface area contributed by atoms with Crippen molar-refractivity contribution in [1.82, 2.24) is 0 Å². The van der Waals surface area contributed by atoms with Gasteiger partial charge < -0.3 is 0 Å². The highest BCUT2D eigenvalue weighted by molar-refractivity contribution is 4.74. The van der Waals surface area contributed by atoms with E-state index in [0.717, 1.165) is 32.1 Å². The highest BCUT2D eigenvalue weighted by atomic mass is 19.4. The van der Waals surface area contributed by atoms with Crippen molar-refractivity contribution in [2.45, 2.75) is 51.6 Å². The standard InChI is InChI=1S/C10H17F3/c1-2-8-4-3-5-9(6-8)7-10(11,12)13/h8-9H,2-7H2,1H3. The van der Waals surface area contributed by atoms with Gasteiger partial charge in [-0.05, 0) is 18.3 Å². The molecule has 1 aliphatic carbocycles. The molecular formula is C10H17F3. The molecule has 1 fully saturated rings. The second-order valence-electron chi connectivity index (χ2n) is 4.13. The molecule has 2 unspecified atom stereocenters. The maximum absolute atomic E-state index is 12.1. The summed E-state index contributed by atoms with van der Waals surface area (Å²) in [7, 11) is 0. The van der Waals surface area contributed by atoms with Crippen molar-refractivity contribution < 1.29 is 13.2 Å². The molecule has 2 atom stereocenters. The summed E-state index contributed by atoms with van der Waals surface area (Å²) in [6.07, 6.45) is 0.189. The van der Waals surface area contributed by atoms with E-state index < -0.39 is 12.6 Å². The molecule has 0 radical (unpaired) electrons. The predicted octanol–water partition coefficient (Wildman–Crippen LogP) is 4.16. The minimum Gasteiger partial charge on any atom is -0.171 e. The van der Waals surface area contributed by atoms with Crippen LogP contribution in [0.15, 0.2) is 0 Å². The fraction of sp³-hybridized carbons (Fsp3) is 1.00. The van der Waals surface area contributed by atoms with Gasteiger partial charge in [0.15, 0.2) is 0 Å². The number of halogens is 3. The van der Waals surface area contributed by atoms with E-state index in [1.54, 1.807) is 0 Å². The largest absolute Gasteiger partial charge is 0.389 e. The first-order valence-corrected chi connectivity index (χ1v) is 5.08. The summed E-state index contributed by atoms with van der Waals surface area (Å²) in [6.45, 7) is 2.07. The molecule has 0 aromatic rings. The van der Waals surface area contributed by atoms with Crippen LogP contribution in [0.4, 0.5) is 13.2 Å². The van der Waals surface area contributed by atoms with Crippen molar-refractivity contribution >= 4 is 0 Å². The smallest absolute Gasteiger partial charge is 0.171 e. The lowest BCUT2D eigenvalue weighted by molar-refractivity contribution is -0.147. The summed E-state index contributed by atoms with van der Waals surface area (Å²) in [4.78, 5) is 0. The number of hydrogen-bond acceptors (Lipinski definition) is 0. The van der Waals surface area contributed by atoms with Crippen LogP contribution in [-0.4, -0.2) is 6.18 Å². The Bertz CT molecular complexity index is 151. The second-order valence-corrected chi connectivity index (χ2v) is 4.13. The molecule has 0 nitrogen and oxygen atoms in total. The monoisotopic (exact) mass is 194 g/mol. The second kappa shape index (κ2) is 4.34. The Hall–Kier alpha value is -0.210. The van der Waals surface area contributed by atoms with Crippen LogP contribution in [0, 0.1) is 11.8 Å². The van der Waals surface area contributed by atoms with Gasteiger partial charge in [-0.2, -0.15) is 13.2 Å². The Labute approximate surface area is 77.5 Å². The van der Waals surface area contributed by atoms with Gasteiger partial charge in [0.05, 0.1) is 0 Å². The molecule has 0 spiro atoms. The Morgan fingerprint density at radius 2 is 1.77 bits per heavy atom. The summed E-state index contributed by atoms with van der Waals surface area (Å²) >= 11 is 0. The van der Waals surface area contributed by atoms with E-state index in [1.807, 2.05) is 0 Å². The van der Waals surface area contributed by atoms with Crippen LogP contribution in [0.25, 0.3) is 0 Å². The lowest BCUT2D eigenvalue weighted by atomic mass is 9.79. The molecule has 0 N–H and O–H groups in total. The van der Waals surface area contributed by atoms with Crippen LogP contribution >= 0.6 is 0 Å². The maximum Gasteiger partial charge on any atom is 0.389 e. The van der Waals surface area contributed by atoms with Gasteiger partial charge in [-0.3, -0.25) is 0 Å². The van der Waals surface area contributed by atoms with E-state index in [2.05, 4.69) is 6.92 Å². The Morgan fingerprint density at radius 1 is 1.15 bits per heavy atom. The molecule has 1 aliphatic rings. The molecular weight excluding hydrogens is 177 g/mol. The summed E-state index contributed by atoms with van der Waals surface area (Å²) in [6, 6.07) is 0. The van der Waals surface area contributed by atoms with Crippen molar-refractivity contribution in [2.24, 2.45) is 11.8 Å². The summed E-state index contributed by atoms with van der Waals surface area (Å²) < 4.78 is 36.2. The van der Waals surface area contributed by atoms with Crippen molar-refractivity contribution in [2.75, 3.05) is 0 Å². The van der Waals surface area contributed by atoms with Gasteiger partial charge in [0, 0.05) is 6.42 Å². The molecule has 0 bridgehead atoms. The summed E-state index contributed by atoms with van der Waals surface area (Å²) in [5.41, 5.74) is 0. The fourth-order valence-corrected chi connectivity index (χ4v) is 2.29. The average Bonchev–Trinajstić information content (AvgIpc) is 2.01. The van der Waals surface area contributed by atoms with Gasteiger partial charge in [0.25, 0.3) is 0 Å². The number of rotatable bonds is 2. The lowest BCUT2D eigenvalue weighted by Crippen LogP contribution is -2.21. The normalized spacial score (nSPS) is 30.5. The molecule has 0 aromatic heterocycles. The van der Waals surface area contributed by atoms with E-state index in [0.29, 0.717) is 5.92 Å². The first-order chi connectivity index (χ1) is 6.01. The Balaban J connectivity index is 2.34. The quantitative estimate of drug-likeness (QED) is 0.619. The maximum atomic E-state index is 12.1. The number of hydrogen-bond donors (Lipinski definition) is 0. The van der Waals surface area contributed by atoms with E-state index in [4.69, 9.17) is 0 Å². The zero-order valence-corrected chi connectivity index (χ0v) is 8.03.